The molecular weight excluding hydrogens is 347 g/mol. The molecule has 2 aromatic carbocycles. The van der Waals surface area contributed by atoms with Gasteiger partial charge in [-0.25, -0.2) is 0 Å². The Labute approximate surface area is 159 Å². The molecular formula is C19H15Cl2Ti. The number of rotatable bonds is 2. The molecule has 2 aliphatic carbocycles. The Morgan fingerprint density at radius 3 is 1.50 bits per heavy atom. The molecule has 0 saturated heterocycles. The fraction of sp³-hybridized carbons (Fsp3) is 0.105. The molecule has 4 rings (SSSR count). The van der Waals surface area contributed by atoms with Crippen LogP contribution in [-0.4, -0.2) is 0 Å². The van der Waals surface area contributed by atoms with E-state index in [1.54, 1.807) is 0 Å². The normalized spacial score (nSPS) is 19.5. The number of hydrogen-bond donors (Lipinski definition) is 0. The van der Waals surface area contributed by atoms with E-state index in [4.69, 9.17) is 0 Å². The van der Waals surface area contributed by atoms with Gasteiger partial charge in [0.25, 0.3) is 0 Å². The van der Waals surface area contributed by atoms with Gasteiger partial charge in [0.2, 0.25) is 0 Å². The number of hydrogen-bond acceptors (Lipinski definition) is 0. The summed E-state index contributed by atoms with van der Waals surface area (Å²) in [6, 6.07) is 17.3. The van der Waals surface area contributed by atoms with E-state index in [1.165, 1.54) is 22.3 Å². The zero-order valence-corrected chi connectivity index (χ0v) is 15.0. The zero-order valence-electron chi connectivity index (χ0n) is 11.9. The van der Waals surface area contributed by atoms with E-state index in [-0.39, 0.29) is 46.5 Å². The number of fused-ring (bicyclic) bond motifs is 2. The molecule has 0 nitrogen and oxygen atoms in total. The van der Waals surface area contributed by atoms with Crippen molar-refractivity contribution in [2.75, 3.05) is 0 Å². The molecule has 2 atom stereocenters. The molecule has 0 N–H and O–H groups in total. The summed E-state index contributed by atoms with van der Waals surface area (Å²) in [6.07, 6.45) is 11.5. The minimum Gasteiger partial charge on any atom is -1.00 e. The van der Waals surface area contributed by atoms with Crippen LogP contribution < -0.4 is 24.8 Å². The standard InChI is InChI=1S/C19H15.2ClH.Ti/c1-3-7-18-14(5-1)9-11-16(18)13-17-12-10-15-6-2-4-8-19(15)17;;;/h1-13,16-17H;2*1H;/q-1;;;+3/p-2. The van der Waals surface area contributed by atoms with Crippen molar-refractivity contribution in [2.45, 2.75) is 11.8 Å². The molecule has 0 saturated carbocycles. The number of allylic oxidation sites excluding steroid dienone is 2. The smallest absolute Gasteiger partial charge is 1.00 e. The number of benzene rings is 2. The molecule has 2 unspecified atom stereocenters. The van der Waals surface area contributed by atoms with Crippen LogP contribution in [0.4, 0.5) is 0 Å². The minimum absolute atomic E-state index is 0. The van der Waals surface area contributed by atoms with Crippen LogP contribution in [0.5, 0.6) is 0 Å². The monoisotopic (exact) mass is 361 g/mol. The fourth-order valence-corrected chi connectivity index (χ4v) is 3.11. The van der Waals surface area contributed by atoms with E-state index in [0.717, 1.165) is 0 Å². The predicted molar refractivity (Wildman–Crippen MR) is 80.7 cm³/mol. The molecule has 0 amide bonds. The average Bonchev–Trinajstić information content (AvgIpc) is 3.05. The van der Waals surface area contributed by atoms with Gasteiger partial charge in [0.15, 0.2) is 0 Å². The Morgan fingerprint density at radius 2 is 1.05 bits per heavy atom. The summed E-state index contributed by atoms with van der Waals surface area (Å²) in [5.41, 5.74) is 5.58. The molecule has 0 bridgehead atoms. The summed E-state index contributed by atoms with van der Waals surface area (Å²) in [7, 11) is 0. The van der Waals surface area contributed by atoms with Crippen LogP contribution in [0, 0.1) is 6.42 Å². The molecule has 1 radical (unpaired) electrons. The van der Waals surface area contributed by atoms with Gasteiger partial charge in [-0.3, -0.25) is 0 Å². The van der Waals surface area contributed by atoms with Crippen molar-refractivity contribution in [2.24, 2.45) is 0 Å². The zero-order chi connectivity index (χ0) is 12.7. The second kappa shape index (κ2) is 8.17. The summed E-state index contributed by atoms with van der Waals surface area (Å²) >= 11 is 0. The third-order valence-corrected chi connectivity index (χ3v) is 4.09. The largest absolute Gasteiger partial charge is 3.00 e. The van der Waals surface area contributed by atoms with Crippen molar-refractivity contribution in [3.63, 3.8) is 0 Å². The van der Waals surface area contributed by atoms with Crippen LogP contribution in [0.2, 0.25) is 0 Å². The fourth-order valence-electron chi connectivity index (χ4n) is 3.11. The Morgan fingerprint density at radius 1 is 0.636 bits per heavy atom. The van der Waals surface area contributed by atoms with Crippen molar-refractivity contribution in [1.82, 2.24) is 0 Å². The minimum atomic E-state index is 0. The molecule has 0 aromatic heterocycles. The van der Waals surface area contributed by atoms with Gasteiger partial charge < -0.3 is 31.2 Å². The van der Waals surface area contributed by atoms with Crippen molar-refractivity contribution < 1.29 is 46.5 Å². The quantitative estimate of drug-likeness (QED) is 0.466. The second-order valence-corrected chi connectivity index (χ2v) is 5.22. The summed E-state index contributed by atoms with van der Waals surface area (Å²) in [6.45, 7) is 0. The molecule has 0 fully saturated rings. The Kier molecular flexibility index (Phi) is 7.16. The van der Waals surface area contributed by atoms with Crippen molar-refractivity contribution in [1.29, 1.82) is 0 Å². The van der Waals surface area contributed by atoms with E-state index < -0.39 is 0 Å². The maximum Gasteiger partial charge on any atom is 3.00 e. The van der Waals surface area contributed by atoms with Crippen LogP contribution in [0.1, 0.15) is 34.1 Å². The molecule has 109 valence electrons. The van der Waals surface area contributed by atoms with Crippen molar-refractivity contribution in [3.8, 4) is 0 Å². The molecule has 22 heavy (non-hydrogen) atoms. The molecule has 0 spiro atoms. The summed E-state index contributed by atoms with van der Waals surface area (Å²) in [4.78, 5) is 0. The van der Waals surface area contributed by atoms with E-state index >= 15 is 0 Å². The average molecular weight is 362 g/mol. The summed E-state index contributed by atoms with van der Waals surface area (Å²) < 4.78 is 0. The van der Waals surface area contributed by atoms with Crippen molar-refractivity contribution in [3.05, 3.63) is 89.4 Å². The Bertz CT molecular complexity index is 632. The van der Waals surface area contributed by atoms with Crippen molar-refractivity contribution >= 4 is 12.2 Å². The van der Waals surface area contributed by atoms with Gasteiger partial charge in [-0.1, -0.05) is 71.8 Å². The third kappa shape index (κ3) is 3.41. The second-order valence-electron chi connectivity index (χ2n) is 5.22. The predicted octanol–water partition coefficient (Wildman–Crippen LogP) is -1.18. The van der Waals surface area contributed by atoms with Gasteiger partial charge in [0, 0.05) is 0 Å². The third-order valence-electron chi connectivity index (χ3n) is 4.09. The van der Waals surface area contributed by atoms with Crippen LogP contribution in [0.15, 0.2) is 60.7 Å². The van der Waals surface area contributed by atoms with E-state index in [1.807, 2.05) is 0 Å². The summed E-state index contributed by atoms with van der Waals surface area (Å²) in [5, 5.41) is 0. The molecule has 0 heterocycles. The topological polar surface area (TPSA) is 0 Å². The van der Waals surface area contributed by atoms with Crippen LogP contribution in [-0.2, 0) is 21.7 Å². The SMILES string of the molecule is C1=CC([CH-]C2C=Cc3ccccc32)c2ccccc21.[Cl-].[Cl-].[Ti+3]. The Hall–Kier alpha value is -0.786. The first kappa shape index (κ1) is 19.3. The maximum absolute atomic E-state index is 2.45. The molecule has 3 heteroatoms. The van der Waals surface area contributed by atoms with Gasteiger partial charge in [0.05, 0.1) is 0 Å². The molecule has 2 aliphatic rings. The number of halogens is 2. The first-order valence-corrected chi connectivity index (χ1v) is 6.81. The summed E-state index contributed by atoms with van der Waals surface area (Å²) in [5.74, 6) is 0.883. The van der Waals surface area contributed by atoms with Crippen LogP contribution >= 0.6 is 0 Å². The van der Waals surface area contributed by atoms with Gasteiger partial charge in [-0.05, 0) is 11.1 Å². The van der Waals surface area contributed by atoms with E-state index in [0.29, 0.717) is 11.8 Å². The van der Waals surface area contributed by atoms with Gasteiger partial charge >= 0.3 is 21.7 Å². The van der Waals surface area contributed by atoms with Gasteiger partial charge in [-0.2, -0.15) is 0 Å². The van der Waals surface area contributed by atoms with E-state index in [2.05, 4.69) is 79.3 Å². The van der Waals surface area contributed by atoms with Gasteiger partial charge in [0.1, 0.15) is 0 Å². The maximum atomic E-state index is 2.45. The first-order valence-electron chi connectivity index (χ1n) is 6.81. The van der Waals surface area contributed by atoms with E-state index in [9.17, 15) is 0 Å². The van der Waals surface area contributed by atoms with Crippen LogP contribution in [0.25, 0.3) is 12.2 Å². The van der Waals surface area contributed by atoms with Crippen LogP contribution in [0.3, 0.4) is 0 Å². The molecule has 2 aromatic rings. The molecule has 0 aliphatic heterocycles. The first-order chi connectivity index (χ1) is 9.42. The Balaban J connectivity index is 0.000000807. The van der Waals surface area contributed by atoms with Gasteiger partial charge in [-0.15, -0.1) is 24.0 Å².